The van der Waals surface area contributed by atoms with Crippen molar-refractivity contribution in [3.05, 3.63) is 71.8 Å². The van der Waals surface area contributed by atoms with E-state index in [1.807, 2.05) is 21.0 Å². The zero-order chi connectivity index (χ0) is 20.4. The molecule has 0 radical (unpaired) electrons. The lowest BCUT2D eigenvalue weighted by Crippen LogP contribution is -2.54. The molecule has 5 nitrogen and oxygen atoms in total. The lowest BCUT2D eigenvalue weighted by atomic mass is 9.76. The number of carbonyl (C=O) groups is 1. The summed E-state index contributed by atoms with van der Waals surface area (Å²) in [6.07, 6.45) is 1.05. The van der Waals surface area contributed by atoms with Gasteiger partial charge in [-0.25, -0.2) is 0 Å². The van der Waals surface area contributed by atoms with Gasteiger partial charge in [-0.15, -0.1) is 0 Å². The molecule has 2 aliphatic rings. The quantitative estimate of drug-likeness (QED) is 0.821. The third-order valence-corrected chi connectivity index (χ3v) is 6.61. The molecule has 29 heavy (non-hydrogen) atoms. The van der Waals surface area contributed by atoms with Gasteiger partial charge in [-0.1, -0.05) is 60.7 Å². The van der Waals surface area contributed by atoms with E-state index in [2.05, 4.69) is 76.4 Å². The lowest BCUT2D eigenvalue weighted by molar-refractivity contribution is -0.134. The average Bonchev–Trinajstić information content (AvgIpc) is 3.17. The summed E-state index contributed by atoms with van der Waals surface area (Å²) >= 11 is 0. The summed E-state index contributed by atoms with van der Waals surface area (Å²) in [5.74, 6) is 0.882. The molecule has 4 atom stereocenters. The van der Waals surface area contributed by atoms with Crippen LogP contribution in [0, 0.1) is 5.92 Å². The maximum atomic E-state index is 12.5. The van der Waals surface area contributed by atoms with Gasteiger partial charge < -0.3 is 4.90 Å². The van der Waals surface area contributed by atoms with Crippen LogP contribution in [-0.2, 0) is 4.79 Å². The summed E-state index contributed by atoms with van der Waals surface area (Å²) in [5, 5.41) is 0. The molecular weight excluding hydrogens is 360 g/mol. The molecule has 2 aliphatic heterocycles. The van der Waals surface area contributed by atoms with Crippen LogP contribution in [0.1, 0.15) is 30.4 Å². The van der Waals surface area contributed by atoms with Crippen molar-refractivity contribution in [1.82, 2.24) is 20.7 Å². The SMILES string of the molecule is CC(C(=O)N(C)C)N1CCC2NNC(C(c3ccccc3)c3ccccc3)C2C1. The highest BCUT2D eigenvalue weighted by Gasteiger charge is 2.45. The van der Waals surface area contributed by atoms with Crippen LogP contribution in [0.4, 0.5) is 0 Å². The standard InChI is InChI=1S/C24H32N4O/c1-17(24(29)27(2)3)28-15-14-21-20(16-28)23(26-25-21)22(18-10-6-4-7-11-18)19-12-8-5-9-13-19/h4-13,17,20-23,25-26H,14-16H2,1-3H3. The van der Waals surface area contributed by atoms with Crippen LogP contribution < -0.4 is 10.9 Å². The van der Waals surface area contributed by atoms with E-state index in [1.54, 1.807) is 4.90 Å². The summed E-state index contributed by atoms with van der Waals surface area (Å²) in [7, 11) is 3.68. The van der Waals surface area contributed by atoms with E-state index in [9.17, 15) is 4.79 Å². The van der Waals surface area contributed by atoms with Crippen molar-refractivity contribution in [2.24, 2.45) is 5.92 Å². The minimum Gasteiger partial charge on any atom is -0.347 e. The van der Waals surface area contributed by atoms with E-state index >= 15 is 0 Å². The third-order valence-electron chi connectivity index (χ3n) is 6.61. The van der Waals surface area contributed by atoms with Gasteiger partial charge in [0.05, 0.1) is 6.04 Å². The van der Waals surface area contributed by atoms with Crippen molar-refractivity contribution in [3.8, 4) is 0 Å². The fourth-order valence-electron chi connectivity index (χ4n) is 5.00. The van der Waals surface area contributed by atoms with Crippen LogP contribution in [0.25, 0.3) is 0 Å². The zero-order valence-electron chi connectivity index (χ0n) is 17.6. The third kappa shape index (κ3) is 4.08. The zero-order valence-corrected chi connectivity index (χ0v) is 17.6. The highest BCUT2D eigenvalue weighted by molar-refractivity contribution is 5.80. The minimum atomic E-state index is -0.0842. The van der Waals surface area contributed by atoms with Crippen LogP contribution in [0.2, 0.25) is 0 Å². The van der Waals surface area contributed by atoms with Gasteiger partial charge >= 0.3 is 0 Å². The van der Waals surface area contributed by atoms with Gasteiger partial charge in [0.25, 0.3) is 0 Å². The Morgan fingerprint density at radius 1 is 1.00 bits per heavy atom. The molecule has 4 unspecified atom stereocenters. The maximum Gasteiger partial charge on any atom is 0.239 e. The molecule has 2 N–H and O–H groups in total. The number of hydrogen-bond acceptors (Lipinski definition) is 4. The van der Waals surface area contributed by atoms with E-state index in [4.69, 9.17) is 0 Å². The number of rotatable bonds is 5. The Bertz CT molecular complexity index is 771. The molecule has 0 aliphatic carbocycles. The van der Waals surface area contributed by atoms with Gasteiger partial charge in [-0.2, -0.15) is 0 Å². The average molecular weight is 393 g/mol. The van der Waals surface area contributed by atoms with Crippen molar-refractivity contribution < 1.29 is 4.79 Å². The topological polar surface area (TPSA) is 47.6 Å². The first-order valence-corrected chi connectivity index (χ1v) is 10.6. The van der Waals surface area contributed by atoms with Crippen LogP contribution >= 0.6 is 0 Å². The predicted octanol–water partition coefficient (Wildman–Crippen LogP) is 2.46. The fraction of sp³-hybridized carbons (Fsp3) is 0.458. The molecule has 2 fully saturated rings. The Morgan fingerprint density at radius 2 is 1.59 bits per heavy atom. The highest BCUT2D eigenvalue weighted by Crippen LogP contribution is 2.37. The number of likely N-dealkylation sites (tertiary alicyclic amines) is 1. The molecule has 0 saturated carbocycles. The first kappa shape index (κ1) is 20.1. The number of benzene rings is 2. The molecule has 2 heterocycles. The predicted molar refractivity (Wildman–Crippen MR) is 116 cm³/mol. The van der Waals surface area contributed by atoms with Crippen molar-refractivity contribution in [2.45, 2.75) is 37.4 Å². The Kier molecular flexibility index (Phi) is 5.99. The van der Waals surface area contributed by atoms with Crippen LogP contribution in [-0.4, -0.2) is 61.0 Å². The van der Waals surface area contributed by atoms with Crippen molar-refractivity contribution in [1.29, 1.82) is 0 Å². The summed E-state index contributed by atoms with van der Waals surface area (Å²) in [6.45, 7) is 3.91. The first-order valence-electron chi connectivity index (χ1n) is 10.6. The molecule has 4 rings (SSSR count). The first-order chi connectivity index (χ1) is 14.1. The molecule has 5 heteroatoms. The van der Waals surface area contributed by atoms with Crippen LogP contribution in [0.3, 0.4) is 0 Å². The number of fused-ring (bicyclic) bond motifs is 1. The van der Waals surface area contributed by atoms with Gasteiger partial charge in [-0.3, -0.25) is 20.5 Å². The monoisotopic (exact) mass is 392 g/mol. The maximum absolute atomic E-state index is 12.5. The van der Waals surface area contributed by atoms with E-state index < -0.39 is 0 Å². The smallest absolute Gasteiger partial charge is 0.239 e. The Hall–Kier alpha value is -2.21. The van der Waals surface area contributed by atoms with Crippen molar-refractivity contribution in [2.75, 3.05) is 27.2 Å². The van der Waals surface area contributed by atoms with Crippen LogP contribution in [0.15, 0.2) is 60.7 Å². The lowest BCUT2D eigenvalue weighted by Gasteiger charge is -2.41. The number of likely N-dealkylation sites (N-methyl/N-ethyl adjacent to an activating group) is 1. The second-order valence-electron chi connectivity index (χ2n) is 8.58. The molecular formula is C24H32N4O. The number of nitrogens with one attached hydrogen (secondary N) is 2. The van der Waals surface area contributed by atoms with Crippen molar-refractivity contribution >= 4 is 5.91 Å². The molecule has 0 aromatic heterocycles. The van der Waals surface area contributed by atoms with Gasteiger partial charge in [0, 0.05) is 51.1 Å². The van der Waals surface area contributed by atoms with Gasteiger partial charge in [0.15, 0.2) is 0 Å². The molecule has 2 aromatic carbocycles. The van der Waals surface area contributed by atoms with Gasteiger partial charge in [-0.05, 0) is 24.5 Å². The molecule has 2 saturated heterocycles. The van der Waals surface area contributed by atoms with E-state index in [0.29, 0.717) is 12.0 Å². The molecule has 0 bridgehead atoms. The summed E-state index contributed by atoms with van der Waals surface area (Å²) < 4.78 is 0. The number of piperidine rings is 1. The minimum absolute atomic E-state index is 0.0842. The fourth-order valence-corrected chi connectivity index (χ4v) is 5.00. The van der Waals surface area contributed by atoms with Crippen LogP contribution in [0.5, 0.6) is 0 Å². The Balaban J connectivity index is 1.62. The number of hydrogen-bond donors (Lipinski definition) is 2. The molecule has 2 aromatic rings. The Labute approximate surface area is 174 Å². The Morgan fingerprint density at radius 3 is 2.14 bits per heavy atom. The highest BCUT2D eigenvalue weighted by atomic mass is 16.2. The van der Waals surface area contributed by atoms with Crippen molar-refractivity contribution in [3.63, 3.8) is 0 Å². The number of hydrazine groups is 1. The summed E-state index contributed by atoms with van der Waals surface area (Å²) in [4.78, 5) is 16.6. The number of nitrogens with zero attached hydrogens (tertiary/aromatic N) is 2. The normalized spacial score (nSPS) is 25.6. The second kappa shape index (κ2) is 8.66. The van der Waals surface area contributed by atoms with Gasteiger partial charge in [0.1, 0.15) is 0 Å². The summed E-state index contributed by atoms with van der Waals surface area (Å²) in [5.41, 5.74) is 9.86. The number of carbonyl (C=O) groups excluding carboxylic acids is 1. The van der Waals surface area contributed by atoms with E-state index in [1.165, 1.54) is 11.1 Å². The number of amides is 1. The summed E-state index contributed by atoms with van der Waals surface area (Å²) in [6, 6.07) is 22.2. The van der Waals surface area contributed by atoms with Gasteiger partial charge in [0.2, 0.25) is 5.91 Å². The second-order valence-corrected chi connectivity index (χ2v) is 8.58. The van der Waals surface area contributed by atoms with E-state index in [-0.39, 0.29) is 23.9 Å². The molecule has 154 valence electrons. The van der Waals surface area contributed by atoms with E-state index in [0.717, 1.165) is 19.5 Å². The molecule has 1 amide bonds. The largest absolute Gasteiger partial charge is 0.347 e. The molecule has 0 spiro atoms.